The first kappa shape index (κ1) is 20.0. The van der Waals surface area contributed by atoms with Gasteiger partial charge in [-0.1, -0.05) is 53.3 Å². The Morgan fingerprint density at radius 2 is 1.89 bits per heavy atom. The van der Waals surface area contributed by atoms with Crippen LogP contribution in [0.4, 0.5) is 5.13 Å². The summed E-state index contributed by atoms with van der Waals surface area (Å²) >= 11 is 2.72. The van der Waals surface area contributed by atoms with Crippen LogP contribution in [0.3, 0.4) is 0 Å². The number of benzene rings is 2. The maximum absolute atomic E-state index is 12.3. The number of thioether (sulfide) groups is 1. The van der Waals surface area contributed by atoms with Crippen LogP contribution in [0.15, 0.2) is 59.5 Å². The minimum Gasteiger partial charge on any atom is -0.344 e. The van der Waals surface area contributed by atoms with E-state index in [1.165, 1.54) is 23.1 Å². The molecule has 6 nitrogen and oxygen atoms in total. The van der Waals surface area contributed by atoms with E-state index in [-0.39, 0.29) is 17.6 Å². The maximum atomic E-state index is 12.3. The molecule has 0 bridgehead atoms. The van der Waals surface area contributed by atoms with E-state index >= 15 is 0 Å². The average molecular weight is 413 g/mol. The molecule has 2 N–H and O–H groups in total. The topological polar surface area (TPSA) is 84.0 Å². The lowest BCUT2D eigenvalue weighted by atomic mass is 10.1. The lowest BCUT2D eigenvalue weighted by molar-refractivity contribution is -0.124. The smallest absolute Gasteiger partial charge is 0.248 e. The largest absolute Gasteiger partial charge is 0.344 e. The van der Waals surface area contributed by atoms with E-state index in [4.69, 9.17) is 0 Å². The molecule has 1 atom stereocenters. The van der Waals surface area contributed by atoms with Gasteiger partial charge in [-0.2, -0.15) is 0 Å². The van der Waals surface area contributed by atoms with Crippen molar-refractivity contribution in [2.24, 2.45) is 0 Å². The van der Waals surface area contributed by atoms with Gasteiger partial charge in [0, 0.05) is 10.5 Å². The Bertz CT molecular complexity index is 960. The molecular formula is C20H20N4O2S2. The summed E-state index contributed by atoms with van der Waals surface area (Å²) in [6.45, 7) is 3.65. The summed E-state index contributed by atoms with van der Waals surface area (Å²) in [4.78, 5) is 25.4. The molecule has 1 unspecified atom stereocenters. The van der Waals surface area contributed by atoms with Crippen molar-refractivity contribution in [2.75, 3.05) is 11.1 Å². The highest BCUT2D eigenvalue weighted by Gasteiger charge is 2.18. The highest BCUT2D eigenvalue weighted by molar-refractivity contribution is 8.00. The minimum absolute atomic E-state index is 0.200. The molecular weight excluding hydrogens is 392 g/mol. The third-order valence-corrected chi connectivity index (χ3v) is 5.70. The van der Waals surface area contributed by atoms with Crippen molar-refractivity contribution >= 4 is 40.0 Å². The highest BCUT2D eigenvalue weighted by Crippen LogP contribution is 2.26. The van der Waals surface area contributed by atoms with Crippen LogP contribution in [0.1, 0.15) is 12.5 Å². The monoisotopic (exact) mass is 412 g/mol. The van der Waals surface area contributed by atoms with Gasteiger partial charge in [0.1, 0.15) is 11.0 Å². The van der Waals surface area contributed by atoms with Crippen LogP contribution in [-0.4, -0.2) is 33.8 Å². The molecule has 0 aliphatic carbocycles. The van der Waals surface area contributed by atoms with Gasteiger partial charge in [0.15, 0.2) is 0 Å². The number of anilines is 1. The lowest BCUT2D eigenvalue weighted by Crippen LogP contribution is -2.42. The van der Waals surface area contributed by atoms with Crippen molar-refractivity contribution in [3.63, 3.8) is 0 Å². The zero-order valence-corrected chi connectivity index (χ0v) is 17.1. The van der Waals surface area contributed by atoms with Crippen LogP contribution in [0.2, 0.25) is 0 Å². The Morgan fingerprint density at radius 3 is 2.64 bits per heavy atom. The van der Waals surface area contributed by atoms with Gasteiger partial charge in [0.25, 0.3) is 0 Å². The Morgan fingerprint density at radius 1 is 1.11 bits per heavy atom. The van der Waals surface area contributed by atoms with E-state index in [1.54, 1.807) is 6.92 Å². The standard InChI is InChI=1S/C20H20N4O2S2/c1-13-7-6-8-15(11-13)19-23-24-20(28-19)22-18(26)14(2)21-17(25)12-27-16-9-4-3-5-10-16/h3-11,14H,12H2,1-2H3,(H,21,25)(H,22,24,26). The molecule has 2 aromatic carbocycles. The first-order chi connectivity index (χ1) is 13.5. The minimum atomic E-state index is -0.671. The Labute approximate surface area is 171 Å². The van der Waals surface area contributed by atoms with Crippen molar-refractivity contribution in [2.45, 2.75) is 24.8 Å². The maximum Gasteiger partial charge on any atom is 0.248 e. The van der Waals surface area contributed by atoms with Crippen LogP contribution in [0.5, 0.6) is 0 Å². The summed E-state index contributed by atoms with van der Waals surface area (Å²) in [6, 6.07) is 16.9. The fourth-order valence-corrected chi connectivity index (χ4v) is 3.87. The molecule has 0 saturated carbocycles. The van der Waals surface area contributed by atoms with Crippen molar-refractivity contribution in [3.05, 3.63) is 60.2 Å². The Kier molecular flexibility index (Phi) is 6.78. The predicted octanol–water partition coefficient (Wildman–Crippen LogP) is 3.75. The normalized spacial score (nSPS) is 11.6. The number of carbonyl (C=O) groups is 2. The Hall–Kier alpha value is -2.71. The number of aromatic nitrogens is 2. The molecule has 0 aliphatic rings. The average Bonchev–Trinajstić information content (AvgIpc) is 3.15. The molecule has 0 radical (unpaired) electrons. The van der Waals surface area contributed by atoms with Gasteiger partial charge in [0.05, 0.1) is 5.75 Å². The van der Waals surface area contributed by atoms with Gasteiger partial charge < -0.3 is 5.32 Å². The SMILES string of the molecule is Cc1cccc(-c2nnc(NC(=O)C(C)NC(=O)CSc3ccccc3)s2)c1. The summed E-state index contributed by atoms with van der Waals surface area (Å²) in [7, 11) is 0. The second-order valence-corrected chi connectivity index (χ2v) is 8.19. The van der Waals surface area contributed by atoms with Crippen molar-refractivity contribution in [1.82, 2.24) is 15.5 Å². The number of amides is 2. The van der Waals surface area contributed by atoms with Gasteiger partial charge in [-0.25, -0.2) is 0 Å². The van der Waals surface area contributed by atoms with Crippen molar-refractivity contribution in [3.8, 4) is 10.6 Å². The van der Waals surface area contributed by atoms with E-state index in [0.29, 0.717) is 5.13 Å². The zero-order valence-electron chi connectivity index (χ0n) is 15.5. The first-order valence-electron chi connectivity index (χ1n) is 8.70. The zero-order chi connectivity index (χ0) is 19.9. The quantitative estimate of drug-likeness (QED) is 0.578. The van der Waals surface area contributed by atoms with Gasteiger partial charge in [-0.3, -0.25) is 14.9 Å². The molecule has 3 rings (SSSR count). The molecule has 1 heterocycles. The number of nitrogens with zero attached hydrogens (tertiary/aromatic N) is 2. The lowest BCUT2D eigenvalue weighted by Gasteiger charge is -2.12. The summed E-state index contributed by atoms with van der Waals surface area (Å²) in [5.74, 6) is -0.281. The van der Waals surface area contributed by atoms with Crippen LogP contribution in [-0.2, 0) is 9.59 Å². The second kappa shape index (κ2) is 9.48. The number of hydrogen-bond donors (Lipinski definition) is 2. The van der Waals surface area contributed by atoms with Gasteiger partial charge >= 0.3 is 0 Å². The molecule has 0 saturated heterocycles. The number of hydrogen-bond acceptors (Lipinski definition) is 6. The molecule has 28 heavy (non-hydrogen) atoms. The van der Waals surface area contributed by atoms with Gasteiger partial charge in [0.2, 0.25) is 16.9 Å². The van der Waals surface area contributed by atoms with E-state index in [0.717, 1.165) is 21.0 Å². The van der Waals surface area contributed by atoms with E-state index in [9.17, 15) is 9.59 Å². The highest BCUT2D eigenvalue weighted by atomic mass is 32.2. The van der Waals surface area contributed by atoms with E-state index in [1.807, 2.05) is 61.5 Å². The van der Waals surface area contributed by atoms with Crippen LogP contribution >= 0.6 is 23.1 Å². The van der Waals surface area contributed by atoms with Crippen molar-refractivity contribution < 1.29 is 9.59 Å². The Balaban J connectivity index is 1.51. The summed E-state index contributed by atoms with van der Waals surface area (Å²) in [5, 5.41) is 14.7. The number of rotatable bonds is 7. The van der Waals surface area contributed by atoms with E-state index < -0.39 is 6.04 Å². The van der Waals surface area contributed by atoms with Crippen LogP contribution in [0.25, 0.3) is 10.6 Å². The fraction of sp³-hybridized carbons (Fsp3) is 0.200. The van der Waals surface area contributed by atoms with Crippen LogP contribution < -0.4 is 10.6 Å². The summed E-state index contributed by atoms with van der Waals surface area (Å²) in [5.41, 5.74) is 2.08. The van der Waals surface area contributed by atoms with E-state index in [2.05, 4.69) is 20.8 Å². The molecule has 0 spiro atoms. The molecule has 0 fully saturated rings. The first-order valence-corrected chi connectivity index (χ1v) is 10.5. The number of carbonyl (C=O) groups excluding carboxylic acids is 2. The van der Waals surface area contributed by atoms with Crippen molar-refractivity contribution in [1.29, 1.82) is 0 Å². The fourth-order valence-electron chi connectivity index (χ4n) is 2.40. The third kappa shape index (κ3) is 5.64. The molecule has 1 aromatic heterocycles. The van der Waals surface area contributed by atoms with Crippen LogP contribution in [0, 0.1) is 6.92 Å². The summed E-state index contributed by atoms with van der Waals surface area (Å²) < 4.78 is 0. The molecule has 0 aliphatic heterocycles. The molecule has 3 aromatic rings. The number of nitrogens with one attached hydrogen (secondary N) is 2. The van der Waals surface area contributed by atoms with Gasteiger partial charge in [-0.15, -0.1) is 22.0 Å². The molecule has 2 amide bonds. The summed E-state index contributed by atoms with van der Waals surface area (Å²) in [6.07, 6.45) is 0. The van der Waals surface area contributed by atoms with Gasteiger partial charge in [-0.05, 0) is 32.0 Å². The number of aryl methyl sites for hydroxylation is 1. The predicted molar refractivity (Wildman–Crippen MR) is 113 cm³/mol. The third-order valence-electron chi connectivity index (χ3n) is 3.80. The second-order valence-electron chi connectivity index (χ2n) is 6.16. The molecule has 144 valence electrons. The molecule has 8 heteroatoms.